The molecule has 0 unspecified atom stereocenters. The van der Waals surface area contributed by atoms with Gasteiger partial charge in [0.1, 0.15) is 6.54 Å². The van der Waals surface area contributed by atoms with Crippen molar-refractivity contribution in [1.82, 2.24) is 0 Å². The number of pyridine rings is 1. The summed E-state index contributed by atoms with van der Waals surface area (Å²) in [6.07, 6.45) is 51.9. The van der Waals surface area contributed by atoms with Gasteiger partial charge in [0.2, 0.25) is 0 Å². The Morgan fingerprint density at radius 2 is 0.674 bits per heavy atom. The first-order valence-corrected chi connectivity index (χ1v) is 21.8. The maximum Gasteiger partial charge on any atom is 0.184 e. The SMILES string of the molecule is CCCCCCCCCCc1cc[n+](CCCCCCCCCC)c(CCCCCCCCCC)c1CCCCCCCCCC. The van der Waals surface area contributed by atoms with Gasteiger partial charge in [-0.3, -0.25) is 0 Å². The molecule has 0 aliphatic carbocycles. The second-order valence-electron chi connectivity index (χ2n) is 15.1. The lowest BCUT2D eigenvalue weighted by molar-refractivity contribution is -0.705. The molecule has 0 N–H and O–H groups in total. The van der Waals surface area contributed by atoms with E-state index in [2.05, 4.69) is 44.5 Å². The molecule has 46 heavy (non-hydrogen) atoms. The van der Waals surface area contributed by atoms with Gasteiger partial charge in [0, 0.05) is 24.5 Å². The second-order valence-corrected chi connectivity index (χ2v) is 15.1. The Hall–Kier alpha value is -0.850. The zero-order valence-electron chi connectivity index (χ0n) is 32.6. The number of hydrogen-bond acceptors (Lipinski definition) is 0. The summed E-state index contributed by atoms with van der Waals surface area (Å²) < 4.78 is 2.75. The number of hydrogen-bond donors (Lipinski definition) is 0. The Morgan fingerprint density at radius 3 is 1.09 bits per heavy atom. The highest BCUT2D eigenvalue weighted by Gasteiger charge is 2.20. The zero-order valence-corrected chi connectivity index (χ0v) is 32.6. The monoisotopic (exact) mass is 641 g/mol. The molecular formula is C45H86N+. The van der Waals surface area contributed by atoms with Gasteiger partial charge in [0.15, 0.2) is 11.9 Å². The van der Waals surface area contributed by atoms with Crippen LogP contribution in [0.4, 0.5) is 0 Å². The third-order valence-electron chi connectivity index (χ3n) is 10.6. The molecule has 1 heteroatoms. The lowest BCUT2D eigenvalue weighted by Gasteiger charge is -2.15. The molecule has 1 aromatic heterocycles. The van der Waals surface area contributed by atoms with Gasteiger partial charge in [-0.25, -0.2) is 4.57 Å². The highest BCUT2D eigenvalue weighted by molar-refractivity contribution is 5.28. The zero-order chi connectivity index (χ0) is 33.2. The van der Waals surface area contributed by atoms with Crippen molar-refractivity contribution in [3.05, 3.63) is 29.1 Å². The third-order valence-corrected chi connectivity index (χ3v) is 10.6. The fourth-order valence-corrected chi connectivity index (χ4v) is 7.50. The first-order valence-electron chi connectivity index (χ1n) is 21.8. The normalized spacial score (nSPS) is 11.6. The molecule has 0 saturated carbocycles. The molecule has 0 fully saturated rings. The minimum atomic E-state index is 1.24. The fourth-order valence-electron chi connectivity index (χ4n) is 7.50. The van der Waals surface area contributed by atoms with Gasteiger partial charge in [-0.05, 0) is 44.1 Å². The van der Waals surface area contributed by atoms with Crippen LogP contribution in [-0.2, 0) is 25.8 Å². The van der Waals surface area contributed by atoms with Gasteiger partial charge in [-0.15, -0.1) is 0 Å². The lowest BCUT2D eigenvalue weighted by Crippen LogP contribution is -2.40. The van der Waals surface area contributed by atoms with Crippen molar-refractivity contribution in [3.8, 4) is 0 Å². The van der Waals surface area contributed by atoms with Gasteiger partial charge in [-0.1, -0.05) is 201 Å². The van der Waals surface area contributed by atoms with E-state index in [-0.39, 0.29) is 0 Å². The van der Waals surface area contributed by atoms with Crippen LogP contribution in [0.2, 0.25) is 0 Å². The first-order chi connectivity index (χ1) is 22.8. The van der Waals surface area contributed by atoms with Gasteiger partial charge >= 0.3 is 0 Å². The quantitative estimate of drug-likeness (QED) is 0.0507. The van der Waals surface area contributed by atoms with E-state index in [1.54, 1.807) is 16.8 Å². The molecule has 0 spiro atoms. The van der Waals surface area contributed by atoms with Crippen molar-refractivity contribution in [2.45, 2.75) is 259 Å². The summed E-state index contributed by atoms with van der Waals surface area (Å²) in [6, 6.07) is 2.57. The summed E-state index contributed by atoms with van der Waals surface area (Å²) in [5.74, 6) is 0. The predicted octanol–water partition coefficient (Wildman–Crippen LogP) is 15.2. The Morgan fingerprint density at radius 1 is 0.348 bits per heavy atom. The molecule has 0 bridgehead atoms. The van der Waals surface area contributed by atoms with Crippen LogP contribution in [0.25, 0.3) is 0 Å². The van der Waals surface area contributed by atoms with E-state index < -0.39 is 0 Å². The van der Waals surface area contributed by atoms with E-state index in [1.165, 1.54) is 231 Å². The summed E-state index contributed by atoms with van der Waals surface area (Å²) in [6.45, 7) is 10.6. The van der Waals surface area contributed by atoms with Gasteiger partial charge < -0.3 is 0 Å². The van der Waals surface area contributed by atoms with Gasteiger partial charge in [0.25, 0.3) is 0 Å². The molecule has 0 aliphatic heterocycles. The summed E-state index contributed by atoms with van der Waals surface area (Å²) in [5.41, 5.74) is 5.25. The Bertz CT molecular complexity index is 689. The molecule has 270 valence electrons. The minimum absolute atomic E-state index is 1.24. The topological polar surface area (TPSA) is 3.88 Å². The first kappa shape index (κ1) is 43.2. The van der Waals surface area contributed by atoms with E-state index in [9.17, 15) is 0 Å². The van der Waals surface area contributed by atoms with E-state index in [1.807, 2.05) is 0 Å². The number of unbranched alkanes of at least 4 members (excludes halogenated alkanes) is 28. The highest BCUT2D eigenvalue weighted by atomic mass is 15.0. The standard InChI is InChI=1S/C45H86N/c1-5-9-13-17-21-25-29-33-37-43-40-42-46(41-36-32-28-24-20-16-12-8-4)45(39-35-31-27-23-19-15-11-7-3)44(43)38-34-30-26-22-18-14-10-6-2/h40,42H,5-39,41H2,1-4H3/q+1. The molecule has 0 atom stereocenters. The van der Waals surface area contributed by atoms with Crippen molar-refractivity contribution in [2.75, 3.05) is 0 Å². The van der Waals surface area contributed by atoms with Crippen LogP contribution in [-0.4, -0.2) is 0 Å². The minimum Gasteiger partial charge on any atom is -0.202 e. The van der Waals surface area contributed by atoms with E-state index in [0.717, 1.165) is 0 Å². The molecule has 0 saturated heterocycles. The fraction of sp³-hybridized carbons (Fsp3) is 0.889. The smallest absolute Gasteiger partial charge is 0.184 e. The second kappa shape index (κ2) is 34.0. The summed E-state index contributed by atoms with van der Waals surface area (Å²) in [7, 11) is 0. The number of nitrogens with zero attached hydrogens (tertiary/aromatic N) is 1. The lowest BCUT2D eigenvalue weighted by atomic mass is 9.92. The number of aromatic nitrogens is 1. The molecule has 1 heterocycles. The molecule has 0 aromatic carbocycles. The molecule has 0 amide bonds. The summed E-state index contributed by atoms with van der Waals surface area (Å²) in [5, 5.41) is 0. The van der Waals surface area contributed by atoms with E-state index >= 15 is 0 Å². The Kier molecular flexibility index (Phi) is 31.9. The van der Waals surface area contributed by atoms with Crippen molar-refractivity contribution >= 4 is 0 Å². The van der Waals surface area contributed by atoms with Crippen molar-refractivity contribution in [2.24, 2.45) is 0 Å². The molecule has 0 radical (unpaired) electrons. The molecular weight excluding hydrogens is 555 g/mol. The molecule has 1 rings (SSSR count). The average Bonchev–Trinajstić information content (AvgIpc) is 3.07. The third kappa shape index (κ3) is 24.3. The van der Waals surface area contributed by atoms with Crippen LogP contribution < -0.4 is 4.57 Å². The van der Waals surface area contributed by atoms with Gasteiger partial charge in [0.05, 0.1) is 0 Å². The summed E-state index contributed by atoms with van der Waals surface area (Å²) >= 11 is 0. The van der Waals surface area contributed by atoms with Crippen LogP contribution in [0.1, 0.15) is 250 Å². The maximum atomic E-state index is 2.75. The van der Waals surface area contributed by atoms with E-state index in [0.29, 0.717) is 0 Å². The number of rotatable bonds is 36. The number of aryl methyl sites for hydroxylation is 2. The van der Waals surface area contributed by atoms with Crippen LogP contribution in [0, 0.1) is 0 Å². The average molecular weight is 641 g/mol. The summed E-state index contributed by atoms with van der Waals surface area (Å²) in [4.78, 5) is 0. The van der Waals surface area contributed by atoms with Crippen LogP contribution >= 0.6 is 0 Å². The van der Waals surface area contributed by atoms with Crippen LogP contribution in [0.5, 0.6) is 0 Å². The largest absolute Gasteiger partial charge is 0.202 e. The Balaban J connectivity index is 2.86. The van der Waals surface area contributed by atoms with E-state index in [4.69, 9.17) is 0 Å². The molecule has 1 aromatic rings. The maximum absolute atomic E-state index is 2.75. The predicted molar refractivity (Wildman–Crippen MR) is 208 cm³/mol. The van der Waals surface area contributed by atoms with Crippen molar-refractivity contribution < 1.29 is 4.57 Å². The molecule has 1 nitrogen and oxygen atoms in total. The highest BCUT2D eigenvalue weighted by Crippen LogP contribution is 2.22. The van der Waals surface area contributed by atoms with Crippen LogP contribution in [0.15, 0.2) is 12.3 Å². The van der Waals surface area contributed by atoms with Gasteiger partial charge in [-0.2, -0.15) is 0 Å². The van der Waals surface area contributed by atoms with Crippen molar-refractivity contribution in [3.63, 3.8) is 0 Å². The van der Waals surface area contributed by atoms with Crippen molar-refractivity contribution in [1.29, 1.82) is 0 Å². The Labute approximate surface area is 291 Å². The van der Waals surface area contributed by atoms with Crippen LogP contribution in [0.3, 0.4) is 0 Å². The molecule has 0 aliphatic rings.